The number of phosphoric ester groups is 1. The molecule has 0 fully saturated rings. The maximum Gasteiger partial charge on any atom is 0.529 e. The van der Waals surface area contributed by atoms with Gasteiger partial charge in [0, 0.05) is 17.6 Å². The van der Waals surface area contributed by atoms with E-state index in [9.17, 15) is 9.46 Å². The van der Waals surface area contributed by atoms with Crippen molar-refractivity contribution in [2.45, 2.75) is 18.9 Å². The van der Waals surface area contributed by atoms with Crippen LogP contribution in [0.5, 0.6) is 11.5 Å². The van der Waals surface area contributed by atoms with Crippen LogP contribution in [-0.2, 0) is 31.2 Å². The molecule has 8 nitrogen and oxygen atoms in total. The molecule has 3 aromatic rings. The smallest absolute Gasteiger partial charge is 0.497 e. The zero-order chi connectivity index (χ0) is 30.7. The molecule has 2 atom stereocenters. The van der Waals surface area contributed by atoms with Crippen LogP contribution in [0.2, 0.25) is 15.1 Å². The highest BCUT2D eigenvalue weighted by molar-refractivity contribution is 7.47. The van der Waals surface area contributed by atoms with Gasteiger partial charge >= 0.3 is 7.82 Å². The Balaban J connectivity index is 1.58. The normalized spacial score (nSPS) is 14.0. The summed E-state index contributed by atoms with van der Waals surface area (Å²) >= 11 is 24.0. The van der Waals surface area contributed by atoms with Crippen LogP contribution < -0.4 is 9.47 Å². The summed E-state index contributed by atoms with van der Waals surface area (Å²) in [6, 6.07) is 18.4. The Morgan fingerprint density at radius 2 is 1.74 bits per heavy atom. The molecule has 0 radical (unpaired) electrons. The number of para-hydroxylation sites is 1. The highest BCUT2D eigenvalue weighted by Gasteiger charge is 2.27. The van der Waals surface area contributed by atoms with Crippen molar-refractivity contribution < 1.29 is 32.7 Å². The van der Waals surface area contributed by atoms with Crippen molar-refractivity contribution >= 4 is 60.0 Å². The van der Waals surface area contributed by atoms with E-state index >= 15 is 0 Å². The number of benzene rings is 3. The van der Waals surface area contributed by atoms with Crippen molar-refractivity contribution in [1.82, 2.24) is 4.90 Å². The fourth-order valence-electron chi connectivity index (χ4n) is 3.88. The molecular weight excluding hydrogens is 647 g/mol. The van der Waals surface area contributed by atoms with Gasteiger partial charge in [-0.2, -0.15) is 0 Å². The Labute approximate surface area is 266 Å². The summed E-state index contributed by atoms with van der Waals surface area (Å²) in [4.78, 5) is 12.2. The van der Waals surface area contributed by atoms with Crippen LogP contribution in [0.1, 0.15) is 16.7 Å². The molecule has 0 amide bonds. The molecule has 1 N–H and O–H groups in total. The second-order valence-electron chi connectivity index (χ2n) is 9.35. The number of halogens is 4. The molecule has 0 heterocycles. The standard InChI is InChI=1S/C29H32Cl4NO7P/c1-34(2)17-23(18-38-28-10-5-4-8-21(28)12-11-20-7-6-9-22(13-20)37-3)39-19-40-42(35,36)41-29(16-30)24-14-26(32)27(33)15-25(24)31/h4-10,13-16,23H,11-12,17-19H2,1-3H3,(H,35,36). The first-order chi connectivity index (χ1) is 20.0. The summed E-state index contributed by atoms with van der Waals surface area (Å²) in [6.45, 7) is 0.0649. The monoisotopic (exact) mass is 677 g/mol. The van der Waals surface area contributed by atoms with Gasteiger partial charge in [0.1, 0.15) is 24.2 Å². The van der Waals surface area contributed by atoms with Crippen molar-refractivity contribution in [1.29, 1.82) is 0 Å². The van der Waals surface area contributed by atoms with Crippen LogP contribution in [0.25, 0.3) is 5.76 Å². The van der Waals surface area contributed by atoms with Crippen molar-refractivity contribution in [2.24, 2.45) is 0 Å². The predicted octanol–water partition coefficient (Wildman–Crippen LogP) is 8.09. The maximum atomic E-state index is 12.7. The van der Waals surface area contributed by atoms with Gasteiger partial charge in [-0.25, -0.2) is 9.09 Å². The van der Waals surface area contributed by atoms with Crippen LogP contribution in [-0.4, -0.2) is 57.0 Å². The number of ether oxygens (including phenoxy) is 3. The molecule has 13 heteroatoms. The van der Waals surface area contributed by atoms with Gasteiger partial charge in [0.15, 0.2) is 12.6 Å². The summed E-state index contributed by atoms with van der Waals surface area (Å²) in [6.07, 6.45) is 1.07. The van der Waals surface area contributed by atoms with E-state index in [4.69, 9.17) is 69.7 Å². The molecule has 0 aromatic heterocycles. The van der Waals surface area contributed by atoms with E-state index in [2.05, 4.69) is 6.07 Å². The number of phosphoric acid groups is 1. The molecule has 0 aliphatic heterocycles. The van der Waals surface area contributed by atoms with Crippen molar-refractivity contribution in [3.63, 3.8) is 0 Å². The van der Waals surface area contributed by atoms with Gasteiger partial charge in [-0.3, -0.25) is 4.89 Å². The van der Waals surface area contributed by atoms with Crippen molar-refractivity contribution in [3.8, 4) is 11.5 Å². The predicted molar refractivity (Wildman–Crippen MR) is 168 cm³/mol. The van der Waals surface area contributed by atoms with Gasteiger partial charge in [-0.1, -0.05) is 76.7 Å². The number of hydrogen-bond donors (Lipinski definition) is 1. The van der Waals surface area contributed by atoms with E-state index in [-0.39, 0.29) is 33.0 Å². The average Bonchev–Trinajstić information content (AvgIpc) is 2.95. The molecule has 2 unspecified atom stereocenters. The van der Waals surface area contributed by atoms with Gasteiger partial charge in [-0.05, 0) is 68.4 Å². The number of aryl methyl sites for hydroxylation is 2. The minimum atomic E-state index is -4.67. The number of hydrogen-bond acceptors (Lipinski definition) is 7. The van der Waals surface area contributed by atoms with E-state index in [1.54, 1.807) is 7.11 Å². The topological polar surface area (TPSA) is 86.7 Å². The Morgan fingerprint density at radius 3 is 2.45 bits per heavy atom. The van der Waals surface area contributed by atoms with E-state index in [0.717, 1.165) is 41.0 Å². The summed E-state index contributed by atoms with van der Waals surface area (Å²) in [5.41, 5.74) is 3.28. The van der Waals surface area contributed by atoms with Gasteiger partial charge < -0.3 is 23.6 Å². The fourth-order valence-corrected chi connectivity index (χ4v) is 5.40. The van der Waals surface area contributed by atoms with E-state index in [1.165, 1.54) is 12.1 Å². The van der Waals surface area contributed by atoms with Crippen LogP contribution in [0.4, 0.5) is 0 Å². The number of methoxy groups -OCH3 is 1. The summed E-state index contributed by atoms with van der Waals surface area (Å²) < 4.78 is 40.1. The van der Waals surface area contributed by atoms with Crippen LogP contribution in [0, 0.1) is 0 Å². The molecule has 0 saturated heterocycles. The minimum Gasteiger partial charge on any atom is -0.497 e. The van der Waals surface area contributed by atoms with E-state index in [1.807, 2.05) is 61.5 Å². The second kappa shape index (κ2) is 16.8. The number of likely N-dealkylation sites (N-methyl/N-ethyl adjacent to an activating group) is 1. The van der Waals surface area contributed by atoms with Gasteiger partial charge in [0.05, 0.1) is 22.2 Å². The van der Waals surface area contributed by atoms with Gasteiger partial charge in [0.2, 0.25) is 0 Å². The molecule has 0 aliphatic carbocycles. The SMILES string of the molecule is COc1cccc(CCc2ccccc2OCC(CN(C)C)OCOP(=O)(O)OC(=CCl)c2cc(Cl)c(Cl)cc2Cl)c1. The third-order valence-corrected chi connectivity index (χ3v) is 7.98. The molecular formula is C29H32Cl4NO7P. The van der Waals surface area contributed by atoms with Crippen LogP contribution in [0.3, 0.4) is 0 Å². The lowest BCUT2D eigenvalue weighted by atomic mass is 10.0. The summed E-state index contributed by atoms with van der Waals surface area (Å²) in [7, 11) is 0.720. The largest absolute Gasteiger partial charge is 0.529 e. The summed E-state index contributed by atoms with van der Waals surface area (Å²) in [5, 5.41) is 0.463. The number of nitrogens with zero attached hydrogens (tertiary/aromatic N) is 1. The zero-order valence-corrected chi connectivity index (χ0v) is 27.2. The van der Waals surface area contributed by atoms with Crippen LogP contribution in [0.15, 0.2) is 66.2 Å². The van der Waals surface area contributed by atoms with E-state index in [0.29, 0.717) is 6.54 Å². The molecule has 0 aliphatic rings. The van der Waals surface area contributed by atoms with Crippen molar-refractivity contribution in [2.75, 3.05) is 41.1 Å². The van der Waals surface area contributed by atoms with Gasteiger partial charge in [-0.15, -0.1) is 0 Å². The average molecular weight is 679 g/mol. The lowest BCUT2D eigenvalue weighted by Gasteiger charge is -2.23. The lowest BCUT2D eigenvalue weighted by Crippen LogP contribution is -2.34. The Kier molecular flexibility index (Phi) is 13.8. The first-order valence-corrected chi connectivity index (χ1v) is 15.8. The molecule has 42 heavy (non-hydrogen) atoms. The molecule has 0 spiro atoms. The fraction of sp³-hybridized carbons (Fsp3) is 0.310. The maximum absolute atomic E-state index is 12.7. The lowest BCUT2D eigenvalue weighted by molar-refractivity contribution is -0.0686. The Morgan fingerprint density at radius 1 is 1.00 bits per heavy atom. The van der Waals surface area contributed by atoms with Crippen LogP contribution >= 0.6 is 54.2 Å². The molecule has 0 saturated carbocycles. The third-order valence-electron chi connectivity index (χ3n) is 5.89. The highest BCUT2D eigenvalue weighted by atomic mass is 35.5. The van der Waals surface area contributed by atoms with E-state index < -0.39 is 20.7 Å². The first-order valence-electron chi connectivity index (χ1n) is 12.7. The first kappa shape index (κ1) is 34.5. The Bertz CT molecular complexity index is 1410. The zero-order valence-electron chi connectivity index (χ0n) is 23.3. The number of rotatable bonds is 16. The molecule has 3 rings (SSSR count). The quantitative estimate of drug-likeness (QED) is 0.0704. The third kappa shape index (κ3) is 10.9. The molecule has 228 valence electrons. The Hall–Kier alpha value is -1.97. The molecule has 3 aromatic carbocycles. The summed E-state index contributed by atoms with van der Waals surface area (Å²) in [5.74, 6) is 1.30. The highest BCUT2D eigenvalue weighted by Crippen LogP contribution is 2.49. The van der Waals surface area contributed by atoms with Gasteiger partial charge in [0.25, 0.3) is 0 Å². The second-order valence-corrected chi connectivity index (χ2v) is 12.2. The molecule has 0 bridgehead atoms. The van der Waals surface area contributed by atoms with Crippen molar-refractivity contribution in [3.05, 3.63) is 98.0 Å². The minimum absolute atomic E-state index is 0.111.